The van der Waals surface area contributed by atoms with Crippen molar-refractivity contribution in [3.05, 3.63) is 89.5 Å². The van der Waals surface area contributed by atoms with Gasteiger partial charge in [-0.1, -0.05) is 23.8 Å². The average molecular weight is 360 g/mol. The van der Waals surface area contributed by atoms with Gasteiger partial charge in [-0.2, -0.15) is 0 Å². The van der Waals surface area contributed by atoms with Crippen molar-refractivity contribution in [1.82, 2.24) is 0 Å². The Morgan fingerprint density at radius 1 is 0.741 bits per heavy atom. The van der Waals surface area contributed by atoms with Crippen molar-refractivity contribution in [2.24, 2.45) is 0 Å². The number of ether oxygens (including phenoxy) is 1. The molecular weight excluding hydrogens is 340 g/mol. The summed E-state index contributed by atoms with van der Waals surface area (Å²) in [5.41, 5.74) is 3.29. The van der Waals surface area contributed by atoms with Crippen LogP contribution in [0.4, 0.5) is 11.4 Å². The Bertz CT molecular complexity index is 948. The van der Waals surface area contributed by atoms with Gasteiger partial charge in [0.2, 0.25) is 0 Å². The highest BCUT2D eigenvalue weighted by Crippen LogP contribution is 2.17. The van der Waals surface area contributed by atoms with E-state index in [0.29, 0.717) is 28.3 Å². The molecule has 3 rings (SSSR count). The normalized spacial score (nSPS) is 10.1. The fourth-order valence-electron chi connectivity index (χ4n) is 2.52. The Labute approximate surface area is 158 Å². The summed E-state index contributed by atoms with van der Waals surface area (Å²) < 4.78 is 5.10. The molecule has 0 unspecified atom stereocenters. The van der Waals surface area contributed by atoms with Crippen LogP contribution < -0.4 is 15.4 Å². The summed E-state index contributed by atoms with van der Waals surface area (Å²) in [6.45, 7) is 1.98. The molecule has 0 atom stereocenters. The number of aryl methyl sites for hydroxylation is 1. The minimum atomic E-state index is -0.287. The van der Waals surface area contributed by atoms with E-state index in [1.54, 1.807) is 55.6 Å². The van der Waals surface area contributed by atoms with Crippen molar-refractivity contribution in [3.63, 3.8) is 0 Å². The number of rotatable bonds is 5. The maximum atomic E-state index is 12.5. The van der Waals surface area contributed by atoms with E-state index in [1.165, 1.54) is 0 Å². The Kier molecular flexibility index (Phi) is 5.52. The molecule has 2 amide bonds. The average Bonchev–Trinajstić information content (AvgIpc) is 2.70. The second kappa shape index (κ2) is 8.19. The topological polar surface area (TPSA) is 67.4 Å². The first kappa shape index (κ1) is 18.2. The lowest BCUT2D eigenvalue weighted by molar-refractivity contribution is 0.102. The first-order chi connectivity index (χ1) is 13.0. The van der Waals surface area contributed by atoms with E-state index >= 15 is 0 Å². The van der Waals surface area contributed by atoms with Gasteiger partial charge in [-0.25, -0.2) is 0 Å². The first-order valence-corrected chi connectivity index (χ1v) is 8.48. The summed E-state index contributed by atoms with van der Waals surface area (Å²) in [5.74, 6) is 0.158. The van der Waals surface area contributed by atoms with E-state index in [9.17, 15) is 9.59 Å². The van der Waals surface area contributed by atoms with Gasteiger partial charge in [0, 0.05) is 22.5 Å². The first-order valence-electron chi connectivity index (χ1n) is 8.48. The molecule has 0 saturated heterocycles. The van der Waals surface area contributed by atoms with E-state index < -0.39 is 0 Å². The number of nitrogens with one attached hydrogen (secondary N) is 2. The van der Waals surface area contributed by atoms with Gasteiger partial charge in [0.15, 0.2) is 0 Å². The SMILES string of the molecule is COc1ccc(NC(=O)c2cccc(C(=O)Nc3ccc(C)cc3)c2)cc1. The molecule has 0 bridgehead atoms. The molecule has 0 aromatic heterocycles. The number of carbonyl (C=O) groups is 2. The minimum Gasteiger partial charge on any atom is -0.497 e. The fraction of sp³-hybridized carbons (Fsp3) is 0.0909. The molecule has 0 heterocycles. The molecule has 0 radical (unpaired) electrons. The Balaban J connectivity index is 1.70. The number of methoxy groups -OCH3 is 1. The summed E-state index contributed by atoms with van der Waals surface area (Å²) >= 11 is 0. The van der Waals surface area contributed by atoms with E-state index in [1.807, 2.05) is 31.2 Å². The van der Waals surface area contributed by atoms with Crippen molar-refractivity contribution >= 4 is 23.2 Å². The van der Waals surface area contributed by atoms with E-state index in [0.717, 1.165) is 5.56 Å². The number of hydrogen-bond acceptors (Lipinski definition) is 3. The van der Waals surface area contributed by atoms with Gasteiger partial charge in [-0.15, -0.1) is 0 Å². The van der Waals surface area contributed by atoms with Gasteiger partial charge in [0.1, 0.15) is 5.75 Å². The highest BCUT2D eigenvalue weighted by molar-refractivity contribution is 6.08. The number of anilines is 2. The number of carbonyl (C=O) groups excluding carboxylic acids is 2. The van der Waals surface area contributed by atoms with Crippen molar-refractivity contribution < 1.29 is 14.3 Å². The Hall–Kier alpha value is -3.60. The molecule has 3 aromatic carbocycles. The summed E-state index contributed by atoms with van der Waals surface area (Å²) in [6.07, 6.45) is 0. The zero-order chi connectivity index (χ0) is 19.2. The summed E-state index contributed by atoms with van der Waals surface area (Å²) in [7, 11) is 1.58. The van der Waals surface area contributed by atoms with E-state index in [2.05, 4.69) is 10.6 Å². The van der Waals surface area contributed by atoms with Crippen LogP contribution in [-0.2, 0) is 0 Å². The largest absolute Gasteiger partial charge is 0.497 e. The molecule has 2 N–H and O–H groups in total. The molecule has 0 spiro atoms. The molecule has 5 heteroatoms. The van der Waals surface area contributed by atoms with Gasteiger partial charge >= 0.3 is 0 Å². The van der Waals surface area contributed by atoms with Crippen LogP contribution in [0.3, 0.4) is 0 Å². The standard InChI is InChI=1S/C22H20N2O3/c1-15-6-8-18(9-7-15)23-21(25)16-4-3-5-17(14-16)22(26)24-19-10-12-20(27-2)13-11-19/h3-14H,1-2H3,(H,23,25)(H,24,26). The molecule has 136 valence electrons. The zero-order valence-electron chi connectivity index (χ0n) is 15.2. The van der Waals surface area contributed by atoms with Crippen LogP contribution in [0.2, 0.25) is 0 Å². The molecule has 0 fully saturated rings. The Morgan fingerprint density at radius 2 is 1.22 bits per heavy atom. The molecule has 0 aliphatic carbocycles. The van der Waals surface area contributed by atoms with Crippen LogP contribution in [-0.4, -0.2) is 18.9 Å². The van der Waals surface area contributed by atoms with Crippen LogP contribution in [0.1, 0.15) is 26.3 Å². The molecule has 0 aliphatic heterocycles. The van der Waals surface area contributed by atoms with Crippen LogP contribution in [0.5, 0.6) is 5.75 Å². The molecule has 0 saturated carbocycles. The molecule has 3 aromatic rings. The van der Waals surface area contributed by atoms with Crippen molar-refractivity contribution in [2.75, 3.05) is 17.7 Å². The minimum absolute atomic E-state index is 0.266. The predicted molar refractivity (Wildman–Crippen MR) is 107 cm³/mol. The molecule has 27 heavy (non-hydrogen) atoms. The highest BCUT2D eigenvalue weighted by Gasteiger charge is 2.11. The maximum absolute atomic E-state index is 12.5. The third-order valence-electron chi connectivity index (χ3n) is 4.04. The van der Waals surface area contributed by atoms with E-state index in [4.69, 9.17) is 4.74 Å². The van der Waals surface area contributed by atoms with Gasteiger partial charge in [-0.05, 0) is 61.5 Å². The third kappa shape index (κ3) is 4.73. The van der Waals surface area contributed by atoms with Crippen LogP contribution >= 0.6 is 0 Å². The van der Waals surface area contributed by atoms with E-state index in [-0.39, 0.29) is 11.8 Å². The van der Waals surface area contributed by atoms with Gasteiger partial charge < -0.3 is 15.4 Å². The lowest BCUT2D eigenvalue weighted by atomic mass is 10.1. The van der Waals surface area contributed by atoms with Crippen molar-refractivity contribution in [1.29, 1.82) is 0 Å². The second-order valence-electron chi connectivity index (χ2n) is 6.08. The van der Waals surface area contributed by atoms with Crippen LogP contribution in [0.15, 0.2) is 72.8 Å². The smallest absolute Gasteiger partial charge is 0.255 e. The van der Waals surface area contributed by atoms with Crippen LogP contribution in [0.25, 0.3) is 0 Å². The summed E-state index contributed by atoms with van der Waals surface area (Å²) in [5, 5.41) is 5.63. The molecule has 5 nitrogen and oxygen atoms in total. The summed E-state index contributed by atoms with van der Waals surface area (Å²) in [6, 6.07) is 21.2. The van der Waals surface area contributed by atoms with Gasteiger partial charge in [0.25, 0.3) is 11.8 Å². The van der Waals surface area contributed by atoms with Crippen LogP contribution in [0, 0.1) is 6.92 Å². The Morgan fingerprint density at radius 3 is 1.70 bits per heavy atom. The quantitative estimate of drug-likeness (QED) is 0.703. The van der Waals surface area contributed by atoms with Crippen molar-refractivity contribution in [3.8, 4) is 5.75 Å². The van der Waals surface area contributed by atoms with Gasteiger partial charge in [0.05, 0.1) is 7.11 Å². The molecular formula is C22H20N2O3. The number of benzene rings is 3. The molecule has 0 aliphatic rings. The lowest BCUT2D eigenvalue weighted by Gasteiger charge is -2.09. The lowest BCUT2D eigenvalue weighted by Crippen LogP contribution is -2.15. The summed E-state index contributed by atoms with van der Waals surface area (Å²) in [4.78, 5) is 24.9. The highest BCUT2D eigenvalue weighted by atomic mass is 16.5. The maximum Gasteiger partial charge on any atom is 0.255 e. The predicted octanol–water partition coefficient (Wildman–Crippen LogP) is 4.51. The number of hydrogen-bond donors (Lipinski definition) is 2. The number of amides is 2. The van der Waals surface area contributed by atoms with Gasteiger partial charge in [-0.3, -0.25) is 9.59 Å². The fourth-order valence-corrected chi connectivity index (χ4v) is 2.52. The second-order valence-corrected chi connectivity index (χ2v) is 6.08. The van der Waals surface area contributed by atoms with Crippen molar-refractivity contribution in [2.45, 2.75) is 6.92 Å². The zero-order valence-corrected chi connectivity index (χ0v) is 15.2. The third-order valence-corrected chi connectivity index (χ3v) is 4.04. The monoisotopic (exact) mass is 360 g/mol.